The molecule has 264 valence electrons. The van der Waals surface area contributed by atoms with Crippen molar-refractivity contribution in [3.8, 4) is 11.5 Å². The van der Waals surface area contributed by atoms with Gasteiger partial charge in [-0.15, -0.1) is 0 Å². The maximum absolute atomic E-state index is 12.0. The minimum absolute atomic E-state index is 0.124. The lowest BCUT2D eigenvalue weighted by Crippen LogP contribution is -2.31. The van der Waals surface area contributed by atoms with Gasteiger partial charge in [-0.05, 0) is 84.1 Å². The molecule has 1 aromatic heterocycles. The summed E-state index contributed by atoms with van der Waals surface area (Å²) in [4.78, 5) is 0. The molecule has 0 aliphatic carbocycles. The van der Waals surface area contributed by atoms with Gasteiger partial charge in [0.2, 0.25) is 10.0 Å². The number of rotatable bonds is 15. The Morgan fingerprint density at radius 2 is 1.56 bits per heavy atom. The lowest BCUT2D eigenvalue weighted by molar-refractivity contribution is -0.110. The molecule has 0 amide bonds. The number of aliphatic hydroxyl groups excluding tert-OH is 1. The van der Waals surface area contributed by atoms with Gasteiger partial charge < -0.3 is 34.4 Å². The summed E-state index contributed by atoms with van der Waals surface area (Å²) >= 11 is 0. The second-order valence-electron chi connectivity index (χ2n) is 12.7. The van der Waals surface area contributed by atoms with Gasteiger partial charge in [-0.1, -0.05) is 54.6 Å². The van der Waals surface area contributed by atoms with Crippen LogP contribution in [0.4, 0.5) is 5.69 Å². The molecule has 2 heterocycles. The standard InChI is InChI=1S/C39H45N3O7S/c1-46-31-16-11-26(12-17-31)34(27-13-18-32(47-2)19-14-27)25-48-38(28-8-5-4-6-9-28)39-36(43)23-37(49-39)42-24-29(10-7-21-40)33-22-30(15-20-35(33)42)41-50(3,44)45/h4-6,8-9,11-20,22,24,34,36-39,41,43H,7,10,21,23,25,40H2,1-3H3. The van der Waals surface area contributed by atoms with E-state index in [1.54, 1.807) is 20.3 Å². The van der Waals surface area contributed by atoms with Crippen LogP contribution in [-0.2, 0) is 25.9 Å². The summed E-state index contributed by atoms with van der Waals surface area (Å²) in [6, 6.07) is 31.3. The molecule has 1 aliphatic rings. The van der Waals surface area contributed by atoms with Crippen LogP contribution in [0.5, 0.6) is 11.5 Å². The predicted molar refractivity (Wildman–Crippen MR) is 195 cm³/mol. The molecule has 1 fully saturated rings. The second kappa shape index (κ2) is 15.7. The third-order valence-electron chi connectivity index (χ3n) is 9.22. The fourth-order valence-electron chi connectivity index (χ4n) is 6.73. The van der Waals surface area contributed by atoms with Crippen molar-refractivity contribution in [2.24, 2.45) is 5.73 Å². The molecule has 50 heavy (non-hydrogen) atoms. The van der Waals surface area contributed by atoms with Crippen LogP contribution < -0.4 is 19.9 Å². The third-order valence-corrected chi connectivity index (χ3v) is 9.83. The van der Waals surface area contributed by atoms with E-state index >= 15 is 0 Å². The summed E-state index contributed by atoms with van der Waals surface area (Å²) < 4.78 is 52.9. The Balaban J connectivity index is 1.31. The van der Waals surface area contributed by atoms with E-state index < -0.39 is 34.6 Å². The molecule has 4 N–H and O–H groups in total. The van der Waals surface area contributed by atoms with E-state index in [1.165, 1.54) is 0 Å². The first-order valence-corrected chi connectivity index (χ1v) is 18.7. The zero-order chi connectivity index (χ0) is 35.3. The number of sulfonamides is 1. The molecule has 1 aliphatic heterocycles. The van der Waals surface area contributed by atoms with Gasteiger partial charge in [0.05, 0.1) is 38.7 Å². The van der Waals surface area contributed by atoms with Crippen molar-refractivity contribution in [2.45, 2.75) is 49.7 Å². The van der Waals surface area contributed by atoms with Gasteiger partial charge in [0.1, 0.15) is 29.9 Å². The lowest BCUT2D eigenvalue weighted by Gasteiger charge is -2.29. The Kier molecular flexibility index (Phi) is 11.1. The third kappa shape index (κ3) is 8.14. The summed E-state index contributed by atoms with van der Waals surface area (Å²) in [5, 5.41) is 12.5. The number of nitrogens with zero attached hydrogens (tertiary/aromatic N) is 1. The molecule has 4 aromatic carbocycles. The van der Waals surface area contributed by atoms with Crippen LogP contribution >= 0.6 is 0 Å². The zero-order valence-corrected chi connectivity index (χ0v) is 29.4. The fourth-order valence-corrected chi connectivity index (χ4v) is 7.29. The maximum Gasteiger partial charge on any atom is 0.229 e. The molecule has 1 saturated heterocycles. The van der Waals surface area contributed by atoms with Crippen LogP contribution in [0.15, 0.2) is 103 Å². The molecule has 4 unspecified atom stereocenters. The molecule has 0 radical (unpaired) electrons. The van der Waals surface area contributed by atoms with Gasteiger partial charge >= 0.3 is 0 Å². The number of hydrogen-bond acceptors (Lipinski definition) is 8. The summed E-state index contributed by atoms with van der Waals surface area (Å²) in [5.41, 5.74) is 11.3. The number of nitrogens with one attached hydrogen (secondary N) is 1. The highest BCUT2D eigenvalue weighted by Crippen LogP contribution is 2.41. The normalized spacial score (nSPS) is 18.4. The lowest BCUT2D eigenvalue weighted by atomic mass is 9.91. The first-order chi connectivity index (χ1) is 24.2. The molecule has 0 saturated carbocycles. The fraction of sp³-hybridized carbons (Fsp3) is 0.333. The first kappa shape index (κ1) is 35.4. The minimum Gasteiger partial charge on any atom is -0.497 e. The SMILES string of the molecule is COc1ccc(C(COC(c2ccccc2)C2OC(n3cc(CCCN)c4cc(NS(C)(=O)=O)ccc43)CC2O)c2ccc(OC)cc2)cc1. The van der Waals surface area contributed by atoms with Gasteiger partial charge in [0, 0.05) is 29.6 Å². The van der Waals surface area contributed by atoms with Crippen LogP contribution in [0.1, 0.15) is 53.3 Å². The molecular weight excluding hydrogens is 655 g/mol. The van der Waals surface area contributed by atoms with Crippen LogP contribution in [0, 0.1) is 0 Å². The number of anilines is 1. The Bertz CT molecular complexity index is 1920. The molecule has 4 atom stereocenters. The van der Waals surface area contributed by atoms with Gasteiger partial charge in [0.15, 0.2) is 0 Å². The van der Waals surface area contributed by atoms with Crippen molar-refractivity contribution in [3.05, 3.63) is 126 Å². The zero-order valence-electron chi connectivity index (χ0n) is 28.6. The number of hydrogen-bond donors (Lipinski definition) is 3. The van der Waals surface area contributed by atoms with Crippen LogP contribution in [0.2, 0.25) is 0 Å². The van der Waals surface area contributed by atoms with Crippen molar-refractivity contribution in [1.82, 2.24) is 4.57 Å². The van der Waals surface area contributed by atoms with Crippen molar-refractivity contribution in [2.75, 3.05) is 38.3 Å². The molecule has 5 aromatic rings. The van der Waals surface area contributed by atoms with Crippen LogP contribution in [0.25, 0.3) is 10.9 Å². The number of nitrogens with two attached hydrogens (primary N) is 1. The highest BCUT2D eigenvalue weighted by molar-refractivity contribution is 7.92. The quantitative estimate of drug-likeness (QED) is 0.118. The summed E-state index contributed by atoms with van der Waals surface area (Å²) in [7, 11) is -0.153. The van der Waals surface area contributed by atoms with Crippen molar-refractivity contribution >= 4 is 26.6 Å². The van der Waals surface area contributed by atoms with Crippen LogP contribution in [-0.4, -0.2) is 63.9 Å². The van der Waals surface area contributed by atoms with E-state index in [9.17, 15) is 13.5 Å². The molecule has 0 spiro atoms. The topological polar surface area (TPSA) is 134 Å². The number of fused-ring (bicyclic) bond motifs is 1. The minimum atomic E-state index is -3.45. The molecule has 11 heteroatoms. The van der Waals surface area contributed by atoms with Gasteiger partial charge in [-0.25, -0.2) is 8.42 Å². The monoisotopic (exact) mass is 699 g/mol. The highest BCUT2D eigenvalue weighted by Gasteiger charge is 2.42. The number of benzene rings is 4. The average molecular weight is 700 g/mol. The Morgan fingerprint density at radius 1 is 0.920 bits per heavy atom. The Morgan fingerprint density at radius 3 is 2.14 bits per heavy atom. The van der Waals surface area contributed by atoms with E-state index in [0.717, 1.165) is 63.8 Å². The number of ether oxygens (including phenoxy) is 4. The largest absolute Gasteiger partial charge is 0.497 e. The van der Waals surface area contributed by atoms with Gasteiger partial charge in [0.25, 0.3) is 0 Å². The Hall–Kier alpha value is -4.39. The number of methoxy groups -OCH3 is 2. The number of aromatic nitrogens is 1. The van der Waals surface area contributed by atoms with Crippen molar-refractivity contribution < 1.29 is 32.5 Å². The summed E-state index contributed by atoms with van der Waals surface area (Å²) in [6.07, 6.45) is 2.47. The van der Waals surface area contributed by atoms with E-state index in [4.69, 9.17) is 24.7 Å². The average Bonchev–Trinajstić information content (AvgIpc) is 3.68. The number of aryl methyl sites for hydroxylation is 1. The molecular formula is C39H45N3O7S. The smallest absolute Gasteiger partial charge is 0.229 e. The van der Waals surface area contributed by atoms with Crippen LogP contribution in [0.3, 0.4) is 0 Å². The maximum atomic E-state index is 12.0. The molecule has 0 bridgehead atoms. The summed E-state index contributed by atoms with van der Waals surface area (Å²) in [5.74, 6) is 1.41. The van der Waals surface area contributed by atoms with E-state index in [-0.39, 0.29) is 5.92 Å². The first-order valence-electron chi connectivity index (χ1n) is 16.8. The highest BCUT2D eigenvalue weighted by atomic mass is 32.2. The molecule has 10 nitrogen and oxygen atoms in total. The van der Waals surface area contributed by atoms with Crippen molar-refractivity contribution in [1.29, 1.82) is 0 Å². The van der Waals surface area contributed by atoms with E-state index in [0.29, 0.717) is 25.3 Å². The molecule has 6 rings (SSSR count). The van der Waals surface area contributed by atoms with Gasteiger partial charge in [-0.2, -0.15) is 0 Å². The van der Waals surface area contributed by atoms with Crippen molar-refractivity contribution in [3.63, 3.8) is 0 Å². The predicted octanol–water partition coefficient (Wildman–Crippen LogP) is 6.16. The van der Waals surface area contributed by atoms with E-state index in [1.807, 2.05) is 102 Å². The second-order valence-corrected chi connectivity index (χ2v) is 14.4. The summed E-state index contributed by atoms with van der Waals surface area (Å²) in [6.45, 7) is 0.847. The number of aliphatic hydroxyl groups is 1. The van der Waals surface area contributed by atoms with Gasteiger partial charge in [-0.3, -0.25) is 4.72 Å². The Labute approximate surface area is 293 Å². The van der Waals surface area contributed by atoms with E-state index in [2.05, 4.69) is 4.72 Å².